The van der Waals surface area contributed by atoms with E-state index >= 15 is 0 Å². The van der Waals surface area contributed by atoms with E-state index in [2.05, 4.69) is 15.6 Å². The molecule has 0 bridgehead atoms. The molecule has 2 aromatic rings. The van der Waals surface area contributed by atoms with Crippen molar-refractivity contribution in [2.24, 2.45) is 0 Å². The Hall–Kier alpha value is -1.62. The molecular formula is C15H15Cl2N3O. The molecule has 0 unspecified atom stereocenters. The summed E-state index contributed by atoms with van der Waals surface area (Å²) in [5, 5.41) is 6.59. The van der Waals surface area contributed by atoms with Gasteiger partial charge in [-0.15, -0.1) is 0 Å². The second-order valence-electron chi connectivity index (χ2n) is 4.55. The van der Waals surface area contributed by atoms with Crippen molar-refractivity contribution in [2.75, 3.05) is 11.9 Å². The molecule has 0 saturated carbocycles. The third-order valence-electron chi connectivity index (χ3n) is 2.98. The van der Waals surface area contributed by atoms with Gasteiger partial charge in [-0.2, -0.15) is 0 Å². The lowest BCUT2D eigenvalue weighted by atomic mass is 10.1. The number of halogens is 2. The van der Waals surface area contributed by atoms with Gasteiger partial charge in [0, 0.05) is 18.9 Å². The maximum Gasteiger partial charge on any atom is 0.238 e. The summed E-state index contributed by atoms with van der Waals surface area (Å²) in [5.41, 5.74) is 2.62. The number of anilines is 1. The first-order valence-electron chi connectivity index (χ1n) is 6.42. The Morgan fingerprint density at radius 2 is 1.95 bits per heavy atom. The minimum Gasteiger partial charge on any atom is -0.322 e. The van der Waals surface area contributed by atoms with Crippen molar-refractivity contribution in [3.63, 3.8) is 0 Å². The molecule has 21 heavy (non-hydrogen) atoms. The molecule has 2 rings (SSSR count). The van der Waals surface area contributed by atoms with E-state index in [1.54, 1.807) is 30.6 Å². The monoisotopic (exact) mass is 323 g/mol. The predicted molar refractivity (Wildman–Crippen MR) is 85.8 cm³/mol. The van der Waals surface area contributed by atoms with E-state index < -0.39 is 0 Å². The Kier molecular flexibility index (Phi) is 5.56. The van der Waals surface area contributed by atoms with E-state index in [-0.39, 0.29) is 12.5 Å². The molecule has 4 nitrogen and oxygen atoms in total. The van der Waals surface area contributed by atoms with Crippen molar-refractivity contribution in [1.29, 1.82) is 0 Å². The van der Waals surface area contributed by atoms with Gasteiger partial charge >= 0.3 is 0 Å². The van der Waals surface area contributed by atoms with Crippen LogP contribution in [0.1, 0.15) is 11.1 Å². The first-order chi connectivity index (χ1) is 10.1. The number of para-hydroxylation sites is 1. The van der Waals surface area contributed by atoms with Crippen molar-refractivity contribution in [3.8, 4) is 0 Å². The quantitative estimate of drug-likeness (QED) is 0.886. The number of hydrogen-bond acceptors (Lipinski definition) is 3. The van der Waals surface area contributed by atoms with Crippen LogP contribution < -0.4 is 10.6 Å². The summed E-state index contributed by atoms with van der Waals surface area (Å²) in [6.45, 7) is 2.74. The van der Waals surface area contributed by atoms with Gasteiger partial charge in [-0.25, -0.2) is 0 Å². The first kappa shape index (κ1) is 15.8. The topological polar surface area (TPSA) is 54.0 Å². The number of aryl methyl sites for hydroxylation is 1. The fourth-order valence-corrected chi connectivity index (χ4v) is 2.29. The predicted octanol–water partition coefficient (Wildman–Crippen LogP) is 3.43. The standard InChI is InChI=1S/C15H15Cl2N3O/c1-10-5-6-18-7-11(10)8-19-9-14(21)20-15-12(16)3-2-4-13(15)17/h2-7,19H,8-9H2,1H3,(H,20,21). The number of nitrogens with zero attached hydrogens (tertiary/aromatic N) is 1. The Morgan fingerprint density at radius 1 is 1.24 bits per heavy atom. The summed E-state index contributed by atoms with van der Waals surface area (Å²) < 4.78 is 0. The van der Waals surface area contributed by atoms with Crippen LogP contribution in [0.2, 0.25) is 10.0 Å². The number of rotatable bonds is 5. The van der Waals surface area contributed by atoms with Crippen molar-refractivity contribution in [2.45, 2.75) is 13.5 Å². The Bertz CT molecular complexity index is 626. The van der Waals surface area contributed by atoms with Gasteiger partial charge in [0.1, 0.15) is 0 Å². The largest absolute Gasteiger partial charge is 0.322 e. The zero-order valence-electron chi connectivity index (χ0n) is 11.5. The smallest absolute Gasteiger partial charge is 0.238 e. The molecule has 0 spiro atoms. The molecule has 0 atom stereocenters. The van der Waals surface area contributed by atoms with Crippen LogP contribution in [0.15, 0.2) is 36.7 Å². The molecule has 0 aliphatic carbocycles. The Morgan fingerprint density at radius 3 is 2.62 bits per heavy atom. The van der Waals surface area contributed by atoms with Crippen molar-refractivity contribution < 1.29 is 4.79 Å². The molecule has 0 aliphatic heterocycles. The molecule has 6 heteroatoms. The van der Waals surface area contributed by atoms with E-state index in [4.69, 9.17) is 23.2 Å². The fourth-order valence-electron chi connectivity index (χ4n) is 1.79. The lowest BCUT2D eigenvalue weighted by Crippen LogP contribution is -2.28. The normalized spacial score (nSPS) is 10.4. The number of pyridine rings is 1. The molecular weight excluding hydrogens is 309 g/mol. The third kappa shape index (κ3) is 4.43. The summed E-state index contributed by atoms with van der Waals surface area (Å²) in [6, 6.07) is 7.01. The summed E-state index contributed by atoms with van der Waals surface area (Å²) >= 11 is 12.0. The molecule has 0 aliphatic rings. The number of amides is 1. The molecule has 2 N–H and O–H groups in total. The van der Waals surface area contributed by atoms with Crippen molar-refractivity contribution >= 4 is 34.8 Å². The van der Waals surface area contributed by atoms with E-state index in [0.717, 1.165) is 11.1 Å². The average molecular weight is 324 g/mol. The third-order valence-corrected chi connectivity index (χ3v) is 3.61. The first-order valence-corrected chi connectivity index (χ1v) is 7.17. The number of aromatic nitrogens is 1. The van der Waals surface area contributed by atoms with Crippen LogP contribution in [-0.4, -0.2) is 17.4 Å². The molecule has 110 valence electrons. The van der Waals surface area contributed by atoms with Crippen LogP contribution in [0.4, 0.5) is 5.69 Å². The van der Waals surface area contributed by atoms with Crippen molar-refractivity contribution in [1.82, 2.24) is 10.3 Å². The van der Waals surface area contributed by atoms with E-state index in [9.17, 15) is 4.79 Å². The number of carbonyl (C=O) groups is 1. The van der Waals surface area contributed by atoms with Crippen LogP contribution in [0.5, 0.6) is 0 Å². The Balaban J connectivity index is 1.87. The van der Waals surface area contributed by atoms with Crippen LogP contribution >= 0.6 is 23.2 Å². The number of hydrogen-bond donors (Lipinski definition) is 2. The number of benzene rings is 1. The average Bonchev–Trinajstić information content (AvgIpc) is 2.45. The van der Waals surface area contributed by atoms with Crippen molar-refractivity contribution in [3.05, 3.63) is 57.8 Å². The van der Waals surface area contributed by atoms with E-state index in [0.29, 0.717) is 22.3 Å². The maximum atomic E-state index is 11.9. The summed E-state index contributed by atoms with van der Waals surface area (Å²) in [4.78, 5) is 15.9. The molecule has 1 aromatic heterocycles. The van der Waals surface area contributed by atoms with Gasteiger partial charge in [0.15, 0.2) is 0 Å². The van der Waals surface area contributed by atoms with Crippen LogP contribution in [0, 0.1) is 6.92 Å². The van der Waals surface area contributed by atoms with Gasteiger partial charge in [0.25, 0.3) is 0 Å². The van der Waals surface area contributed by atoms with E-state index in [1.807, 2.05) is 13.0 Å². The van der Waals surface area contributed by atoms with Gasteiger partial charge in [0.2, 0.25) is 5.91 Å². The summed E-state index contributed by atoms with van der Waals surface area (Å²) in [6.07, 6.45) is 3.52. The van der Waals surface area contributed by atoms with E-state index in [1.165, 1.54) is 0 Å². The zero-order valence-corrected chi connectivity index (χ0v) is 13.0. The van der Waals surface area contributed by atoms with Crippen LogP contribution in [0.3, 0.4) is 0 Å². The molecule has 0 saturated heterocycles. The fraction of sp³-hybridized carbons (Fsp3) is 0.200. The lowest BCUT2D eigenvalue weighted by Gasteiger charge is -2.10. The van der Waals surface area contributed by atoms with Crippen LogP contribution in [0.25, 0.3) is 0 Å². The minimum absolute atomic E-state index is 0.163. The molecule has 0 radical (unpaired) electrons. The van der Waals surface area contributed by atoms with Gasteiger partial charge in [-0.1, -0.05) is 29.3 Å². The SMILES string of the molecule is Cc1ccncc1CNCC(=O)Nc1c(Cl)cccc1Cl. The summed E-state index contributed by atoms with van der Waals surface area (Å²) in [5.74, 6) is -0.202. The molecule has 1 amide bonds. The highest BCUT2D eigenvalue weighted by Gasteiger charge is 2.09. The highest BCUT2D eigenvalue weighted by Crippen LogP contribution is 2.29. The Labute approximate surface area is 133 Å². The zero-order chi connectivity index (χ0) is 15.2. The molecule has 1 heterocycles. The summed E-state index contributed by atoms with van der Waals surface area (Å²) in [7, 11) is 0. The van der Waals surface area contributed by atoms with Gasteiger partial charge in [-0.05, 0) is 36.2 Å². The second kappa shape index (κ2) is 7.41. The highest BCUT2D eigenvalue weighted by atomic mass is 35.5. The minimum atomic E-state index is -0.202. The van der Waals surface area contributed by atoms with Gasteiger partial charge in [-0.3, -0.25) is 9.78 Å². The number of carbonyl (C=O) groups excluding carboxylic acids is 1. The molecule has 1 aromatic carbocycles. The van der Waals surface area contributed by atoms with Gasteiger partial charge < -0.3 is 10.6 Å². The second-order valence-corrected chi connectivity index (χ2v) is 5.36. The molecule has 0 fully saturated rings. The lowest BCUT2D eigenvalue weighted by molar-refractivity contribution is -0.115. The number of nitrogens with one attached hydrogen (secondary N) is 2. The highest BCUT2D eigenvalue weighted by molar-refractivity contribution is 6.39. The van der Waals surface area contributed by atoms with Crippen LogP contribution in [-0.2, 0) is 11.3 Å². The van der Waals surface area contributed by atoms with Gasteiger partial charge in [0.05, 0.1) is 22.3 Å². The maximum absolute atomic E-state index is 11.9.